The van der Waals surface area contributed by atoms with Crippen molar-refractivity contribution >= 4 is 0 Å². The number of halogens is 2. The standard InChI is InChI=1S/C28H43F2NO2/c1-18(16-31-12-10-20(17-31)13-27(29)30)24-8-9-25-21(5-4-11-28(24,25)3)6-7-22-14-23(32)15-26(33)19(22)2/h6-7,18,20,23-27,32-33H,2,4-5,8-17H2,1,3H3/b21-6+,22-7-/t18?,20-,23+,24+,25-,26-,28+/m0/s1. The first-order valence-electron chi connectivity index (χ1n) is 13.1. The van der Waals surface area contributed by atoms with Crippen LogP contribution in [0.5, 0.6) is 0 Å². The lowest BCUT2D eigenvalue weighted by atomic mass is 9.61. The molecule has 0 amide bonds. The number of hydrogen-bond donors (Lipinski definition) is 2. The Morgan fingerprint density at radius 1 is 1.21 bits per heavy atom. The van der Waals surface area contributed by atoms with Crippen molar-refractivity contribution in [2.45, 2.75) is 90.3 Å². The lowest BCUT2D eigenvalue weighted by Gasteiger charge is -2.45. The molecule has 1 unspecified atom stereocenters. The van der Waals surface area contributed by atoms with Crippen molar-refractivity contribution in [1.29, 1.82) is 0 Å². The molecule has 3 saturated carbocycles. The Labute approximate surface area is 198 Å². The van der Waals surface area contributed by atoms with Gasteiger partial charge in [-0.2, -0.15) is 0 Å². The van der Waals surface area contributed by atoms with Gasteiger partial charge in [0, 0.05) is 25.9 Å². The molecular weight excluding hydrogens is 420 g/mol. The highest BCUT2D eigenvalue weighted by Gasteiger charge is 2.50. The fourth-order valence-corrected chi connectivity index (χ4v) is 7.74. The summed E-state index contributed by atoms with van der Waals surface area (Å²) >= 11 is 0. The summed E-state index contributed by atoms with van der Waals surface area (Å²) in [6.45, 7) is 11.8. The van der Waals surface area contributed by atoms with Gasteiger partial charge >= 0.3 is 0 Å². The summed E-state index contributed by atoms with van der Waals surface area (Å²) in [5.41, 5.74) is 3.55. The molecule has 0 aromatic rings. The second-order valence-electron chi connectivity index (χ2n) is 11.7. The third-order valence-corrected chi connectivity index (χ3v) is 9.42. The maximum absolute atomic E-state index is 12.8. The van der Waals surface area contributed by atoms with Crippen LogP contribution in [0.2, 0.25) is 0 Å². The van der Waals surface area contributed by atoms with Crippen molar-refractivity contribution in [3.05, 3.63) is 35.5 Å². The first kappa shape index (κ1) is 25.1. The fourth-order valence-electron chi connectivity index (χ4n) is 7.74. The topological polar surface area (TPSA) is 43.7 Å². The Kier molecular flexibility index (Phi) is 7.82. The number of nitrogens with zero attached hydrogens (tertiary/aromatic N) is 1. The van der Waals surface area contributed by atoms with Gasteiger partial charge in [0.1, 0.15) is 0 Å². The van der Waals surface area contributed by atoms with Gasteiger partial charge in [-0.25, -0.2) is 8.78 Å². The molecule has 3 aliphatic carbocycles. The zero-order chi connectivity index (χ0) is 23.8. The van der Waals surface area contributed by atoms with E-state index < -0.39 is 18.6 Å². The van der Waals surface area contributed by atoms with E-state index in [0.717, 1.165) is 43.6 Å². The second kappa shape index (κ2) is 10.3. The first-order chi connectivity index (χ1) is 15.7. The summed E-state index contributed by atoms with van der Waals surface area (Å²) in [4.78, 5) is 2.43. The molecule has 7 atom stereocenters. The van der Waals surface area contributed by atoms with Crippen LogP contribution in [0.4, 0.5) is 8.78 Å². The van der Waals surface area contributed by atoms with Crippen molar-refractivity contribution in [2.24, 2.45) is 29.1 Å². The molecule has 33 heavy (non-hydrogen) atoms. The molecule has 5 heteroatoms. The molecule has 186 valence electrons. The molecular formula is C28H43F2NO2. The highest BCUT2D eigenvalue weighted by atomic mass is 19.3. The van der Waals surface area contributed by atoms with E-state index >= 15 is 0 Å². The highest BCUT2D eigenvalue weighted by molar-refractivity contribution is 5.38. The molecule has 0 spiro atoms. The highest BCUT2D eigenvalue weighted by Crippen LogP contribution is 2.59. The number of fused-ring (bicyclic) bond motifs is 1. The molecule has 0 aromatic heterocycles. The lowest BCUT2D eigenvalue weighted by molar-refractivity contribution is 0.0796. The van der Waals surface area contributed by atoms with E-state index in [-0.39, 0.29) is 12.3 Å². The van der Waals surface area contributed by atoms with Crippen LogP contribution in [-0.4, -0.2) is 53.4 Å². The number of alkyl halides is 2. The van der Waals surface area contributed by atoms with Gasteiger partial charge in [-0.05, 0) is 91.7 Å². The minimum Gasteiger partial charge on any atom is -0.393 e. The van der Waals surface area contributed by atoms with Gasteiger partial charge in [0.15, 0.2) is 0 Å². The number of aliphatic hydroxyl groups excluding tert-OH is 2. The van der Waals surface area contributed by atoms with Crippen LogP contribution in [0.25, 0.3) is 0 Å². The van der Waals surface area contributed by atoms with Crippen molar-refractivity contribution in [2.75, 3.05) is 19.6 Å². The van der Waals surface area contributed by atoms with Gasteiger partial charge < -0.3 is 15.1 Å². The molecule has 4 rings (SSSR count). The fraction of sp³-hybridized carbons (Fsp3) is 0.786. The number of hydrogen-bond acceptors (Lipinski definition) is 3. The number of rotatable bonds is 6. The molecule has 0 aromatic carbocycles. The summed E-state index contributed by atoms with van der Waals surface area (Å²) in [5, 5.41) is 20.2. The van der Waals surface area contributed by atoms with Crippen molar-refractivity contribution < 1.29 is 19.0 Å². The molecule has 1 aliphatic heterocycles. The van der Waals surface area contributed by atoms with E-state index in [1.165, 1.54) is 31.3 Å². The summed E-state index contributed by atoms with van der Waals surface area (Å²) in [7, 11) is 0. The van der Waals surface area contributed by atoms with Gasteiger partial charge in [-0.3, -0.25) is 0 Å². The van der Waals surface area contributed by atoms with Crippen LogP contribution in [0, 0.1) is 29.1 Å². The minimum absolute atomic E-state index is 0.0538. The average molecular weight is 464 g/mol. The summed E-state index contributed by atoms with van der Waals surface area (Å²) in [6.07, 6.45) is 9.06. The van der Waals surface area contributed by atoms with E-state index in [2.05, 4.69) is 37.5 Å². The van der Waals surface area contributed by atoms with E-state index in [1.54, 1.807) is 0 Å². The smallest absolute Gasteiger partial charge is 0.238 e. The number of likely N-dealkylation sites (tertiary alicyclic amines) is 1. The first-order valence-corrected chi connectivity index (χ1v) is 13.1. The Balaban J connectivity index is 1.42. The number of allylic oxidation sites excluding steroid dienone is 3. The molecule has 3 nitrogen and oxygen atoms in total. The predicted octanol–water partition coefficient (Wildman–Crippen LogP) is 5.74. The predicted molar refractivity (Wildman–Crippen MR) is 129 cm³/mol. The van der Waals surface area contributed by atoms with Crippen LogP contribution in [0.3, 0.4) is 0 Å². The van der Waals surface area contributed by atoms with Crippen LogP contribution in [0.1, 0.15) is 71.6 Å². The third-order valence-electron chi connectivity index (χ3n) is 9.42. The Morgan fingerprint density at radius 2 is 2.00 bits per heavy atom. The molecule has 1 heterocycles. The molecule has 0 bridgehead atoms. The largest absolute Gasteiger partial charge is 0.393 e. The van der Waals surface area contributed by atoms with E-state index in [4.69, 9.17) is 0 Å². The average Bonchev–Trinajstić information content (AvgIpc) is 3.32. The zero-order valence-corrected chi connectivity index (χ0v) is 20.5. The monoisotopic (exact) mass is 463 g/mol. The lowest BCUT2D eigenvalue weighted by Crippen LogP contribution is -2.39. The molecule has 4 aliphatic rings. The van der Waals surface area contributed by atoms with Gasteiger partial charge in [-0.15, -0.1) is 0 Å². The Morgan fingerprint density at radius 3 is 2.76 bits per heavy atom. The van der Waals surface area contributed by atoms with Crippen LogP contribution >= 0.6 is 0 Å². The van der Waals surface area contributed by atoms with Gasteiger partial charge in [0.2, 0.25) is 6.43 Å². The SMILES string of the molecule is C=C1/C(=C\C=C2/CCC[C@]3(C)[C@@H](C(C)CN4CC[C@@H](CC(F)F)C4)CC[C@@H]23)C[C@@H](O)C[C@@H]1O. The summed E-state index contributed by atoms with van der Waals surface area (Å²) in [6, 6.07) is 0. The third kappa shape index (κ3) is 5.46. The van der Waals surface area contributed by atoms with E-state index in [0.29, 0.717) is 36.0 Å². The van der Waals surface area contributed by atoms with Gasteiger partial charge in [0.05, 0.1) is 12.2 Å². The van der Waals surface area contributed by atoms with Crippen LogP contribution in [-0.2, 0) is 0 Å². The summed E-state index contributed by atoms with van der Waals surface area (Å²) < 4.78 is 25.6. The maximum Gasteiger partial charge on any atom is 0.238 e. The molecule has 4 fully saturated rings. The van der Waals surface area contributed by atoms with Crippen LogP contribution in [0.15, 0.2) is 35.5 Å². The Bertz CT molecular complexity index is 778. The second-order valence-corrected chi connectivity index (χ2v) is 11.7. The molecule has 1 saturated heterocycles. The van der Waals surface area contributed by atoms with Crippen molar-refractivity contribution in [3.63, 3.8) is 0 Å². The Hall–Kier alpha value is -1.04. The van der Waals surface area contributed by atoms with Gasteiger partial charge in [-0.1, -0.05) is 38.2 Å². The van der Waals surface area contributed by atoms with Crippen molar-refractivity contribution in [3.8, 4) is 0 Å². The van der Waals surface area contributed by atoms with E-state index in [9.17, 15) is 19.0 Å². The van der Waals surface area contributed by atoms with Crippen LogP contribution < -0.4 is 0 Å². The zero-order valence-electron chi connectivity index (χ0n) is 20.5. The maximum atomic E-state index is 12.8. The molecule has 2 N–H and O–H groups in total. The van der Waals surface area contributed by atoms with E-state index in [1.807, 2.05) is 0 Å². The minimum atomic E-state index is -2.18. The number of aliphatic hydroxyl groups is 2. The normalized spacial score (nSPS) is 41.3. The quantitative estimate of drug-likeness (QED) is 0.528. The van der Waals surface area contributed by atoms with Crippen molar-refractivity contribution in [1.82, 2.24) is 4.90 Å². The summed E-state index contributed by atoms with van der Waals surface area (Å²) in [5.74, 6) is 1.99. The molecule has 0 radical (unpaired) electrons. The van der Waals surface area contributed by atoms with Gasteiger partial charge in [0.25, 0.3) is 0 Å².